The van der Waals surface area contributed by atoms with Gasteiger partial charge in [0.05, 0.1) is 0 Å². The lowest BCUT2D eigenvalue weighted by molar-refractivity contribution is -0.112. The Morgan fingerprint density at radius 2 is 2.11 bits per heavy atom. The van der Waals surface area contributed by atoms with Crippen LogP contribution in [0, 0.1) is 11.8 Å². The summed E-state index contributed by atoms with van der Waals surface area (Å²) in [4.78, 5) is 10.3. The fourth-order valence-electron chi connectivity index (χ4n) is 1.16. The monoisotopic (exact) mass is 124 g/mol. The normalized spacial score (nSPS) is 34.3. The van der Waals surface area contributed by atoms with Crippen LogP contribution >= 0.6 is 0 Å². The molecule has 9 heavy (non-hydrogen) atoms. The maximum atomic E-state index is 10.3. The van der Waals surface area contributed by atoms with E-state index in [4.69, 9.17) is 0 Å². The van der Waals surface area contributed by atoms with Gasteiger partial charge in [0.15, 0.2) is 0 Å². The molecule has 0 fully saturated rings. The fraction of sp³-hybridized carbons (Fsp3) is 0.625. The largest absolute Gasteiger partial charge is 0.303 e. The Hall–Kier alpha value is -0.590. The van der Waals surface area contributed by atoms with Crippen LogP contribution in [0.2, 0.25) is 0 Å². The lowest BCUT2D eigenvalue weighted by Crippen LogP contribution is -2.14. The second-order valence-corrected chi connectivity index (χ2v) is 2.72. The molecular formula is C8H12O. The van der Waals surface area contributed by atoms with Crippen molar-refractivity contribution < 1.29 is 4.79 Å². The summed E-state index contributed by atoms with van der Waals surface area (Å²) in [5.74, 6) is 0.850. The molecule has 0 heterocycles. The van der Waals surface area contributed by atoms with Gasteiger partial charge in [0.25, 0.3) is 0 Å². The van der Waals surface area contributed by atoms with E-state index < -0.39 is 0 Å². The summed E-state index contributed by atoms with van der Waals surface area (Å²) in [5, 5.41) is 0. The van der Waals surface area contributed by atoms with Crippen molar-refractivity contribution in [3.8, 4) is 0 Å². The average molecular weight is 124 g/mol. The van der Waals surface area contributed by atoms with Crippen LogP contribution in [0.4, 0.5) is 0 Å². The van der Waals surface area contributed by atoms with Crippen LogP contribution < -0.4 is 0 Å². The summed E-state index contributed by atoms with van der Waals surface area (Å²) in [5.41, 5.74) is 0. The third kappa shape index (κ3) is 1.41. The second-order valence-electron chi connectivity index (χ2n) is 2.72. The number of carbonyl (C=O) groups excluding carboxylic acids is 1. The van der Waals surface area contributed by atoms with Crippen molar-refractivity contribution in [2.45, 2.75) is 19.8 Å². The minimum Gasteiger partial charge on any atom is -0.303 e. The molecule has 1 rings (SSSR count). The number of hydrogen-bond acceptors (Lipinski definition) is 1. The average Bonchev–Trinajstić information content (AvgIpc) is 1.89. The van der Waals surface area contributed by atoms with Crippen molar-refractivity contribution in [3.05, 3.63) is 12.2 Å². The second kappa shape index (κ2) is 2.81. The number of rotatable bonds is 1. The van der Waals surface area contributed by atoms with Crippen LogP contribution in [-0.2, 0) is 4.79 Å². The molecule has 0 amide bonds. The van der Waals surface area contributed by atoms with Gasteiger partial charge in [0.2, 0.25) is 0 Å². The zero-order valence-corrected chi connectivity index (χ0v) is 5.71. The highest BCUT2D eigenvalue weighted by atomic mass is 16.1. The Labute approximate surface area is 55.8 Å². The van der Waals surface area contributed by atoms with Crippen LogP contribution in [0.1, 0.15) is 19.8 Å². The molecular weight excluding hydrogens is 112 g/mol. The topological polar surface area (TPSA) is 17.1 Å². The summed E-state index contributed by atoms with van der Waals surface area (Å²) in [6, 6.07) is 0. The van der Waals surface area contributed by atoms with Crippen LogP contribution in [0.15, 0.2) is 12.2 Å². The summed E-state index contributed by atoms with van der Waals surface area (Å²) >= 11 is 0. The molecule has 0 unspecified atom stereocenters. The van der Waals surface area contributed by atoms with E-state index in [9.17, 15) is 4.79 Å². The highest BCUT2D eigenvalue weighted by Crippen LogP contribution is 2.22. The molecule has 1 aliphatic rings. The van der Waals surface area contributed by atoms with Crippen molar-refractivity contribution in [1.82, 2.24) is 0 Å². The molecule has 0 aromatic heterocycles. The molecule has 0 bridgehead atoms. The van der Waals surface area contributed by atoms with Gasteiger partial charge in [-0.25, -0.2) is 0 Å². The zero-order valence-electron chi connectivity index (χ0n) is 5.71. The van der Waals surface area contributed by atoms with E-state index in [2.05, 4.69) is 19.1 Å². The standard InChI is InChI=1S/C8H12O/c1-7-4-2-3-5-8(7)6-9/h2-3,6-8H,4-5H2,1H3/t7-,8+/m0/s1. The SMILES string of the molecule is C[C@H]1CC=CC[C@@H]1C=O. The van der Waals surface area contributed by atoms with Crippen molar-refractivity contribution in [3.63, 3.8) is 0 Å². The Bertz CT molecular complexity index is 127. The molecule has 0 N–H and O–H groups in total. The predicted octanol–water partition coefficient (Wildman–Crippen LogP) is 1.79. The molecule has 2 atom stereocenters. The maximum absolute atomic E-state index is 10.3. The quantitative estimate of drug-likeness (QED) is 0.384. The molecule has 1 nitrogen and oxygen atoms in total. The summed E-state index contributed by atoms with van der Waals surface area (Å²) in [6.45, 7) is 2.13. The van der Waals surface area contributed by atoms with Gasteiger partial charge in [0.1, 0.15) is 6.29 Å². The van der Waals surface area contributed by atoms with Gasteiger partial charge in [-0.05, 0) is 18.8 Å². The van der Waals surface area contributed by atoms with E-state index in [1.807, 2.05) is 0 Å². The van der Waals surface area contributed by atoms with Gasteiger partial charge in [-0.3, -0.25) is 0 Å². The third-order valence-electron chi connectivity index (χ3n) is 1.99. The van der Waals surface area contributed by atoms with E-state index in [-0.39, 0.29) is 5.92 Å². The van der Waals surface area contributed by atoms with E-state index in [0.717, 1.165) is 19.1 Å². The lowest BCUT2D eigenvalue weighted by Gasteiger charge is -2.18. The van der Waals surface area contributed by atoms with Crippen LogP contribution in [0.25, 0.3) is 0 Å². The van der Waals surface area contributed by atoms with Crippen molar-refractivity contribution >= 4 is 6.29 Å². The van der Waals surface area contributed by atoms with Crippen molar-refractivity contribution in [2.75, 3.05) is 0 Å². The van der Waals surface area contributed by atoms with Gasteiger partial charge in [-0.15, -0.1) is 0 Å². The predicted molar refractivity (Wildman–Crippen MR) is 37.1 cm³/mol. The molecule has 0 spiro atoms. The van der Waals surface area contributed by atoms with Gasteiger partial charge in [-0.1, -0.05) is 19.1 Å². The molecule has 1 heteroatoms. The smallest absolute Gasteiger partial charge is 0.123 e. The Balaban J connectivity index is 2.52. The molecule has 0 aliphatic heterocycles. The van der Waals surface area contributed by atoms with Crippen LogP contribution in [-0.4, -0.2) is 6.29 Å². The van der Waals surface area contributed by atoms with E-state index in [1.54, 1.807) is 0 Å². The van der Waals surface area contributed by atoms with Gasteiger partial charge >= 0.3 is 0 Å². The van der Waals surface area contributed by atoms with Crippen molar-refractivity contribution in [1.29, 1.82) is 0 Å². The van der Waals surface area contributed by atoms with Crippen LogP contribution in [0.5, 0.6) is 0 Å². The summed E-state index contributed by atoms with van der Waals surface area (Å²) in [6.07, 6.45) is 7.35. The molecule has 50 valence electrons. The van der Waals surface area contributed by atoms with Gasteiger partial charge in [-0.2, -0.15) is 0 Å². The third-order valence-corrected chi connectivity index (χ3v) is 1.99. The van der Waals surface area contributed by atoms with Gasteiger partial charge < -0.3 is 4.79 Å². The highest BCUT2D eigenvalue weighted by Gasteiger charge is 2.16. The number of hydrogen-bond donors (Lipinski definition) is 0. The first-order valence-corrected chi connectivity index (χ1v) is 3.45. The Morgan fingerprint density at radius 1 is 1.44 bits per heavy atom. The first-order chi connectivity index (χ1) is 4.34. The van der Waals surface area contributed by atoms with Gasteiger partial charge in [0, 0.05) is 5.92 Å². The molecule has 0 saturated heterocycles. The molecule has 1 aliphatic carbocycles. The Morgan fingerprint density at radius 3 is 2.56 bits per heavy atom. The lowest BCUT2D eigenvalue weighted by atomic mass is 9.86. The van der Waals surface area contributed by atoms with Crippen molar-refractivity contribution in [2.24, 2.45) is 11.8 Å². The minimum atomic E-state index is 0.287. The van der Waals surface area contributed by atoms with E-state index >= 15 is 0 Å². The van der Waals surface area contributed by atoms with E-state index in [1.165, 1.54) is 0 Å². The zero-order chi connectivity index (χ0) is 6.69. The number of aldehydes is 1. The highest BCUT2D eigenvalue weighted by molar-refractivity contribution is 5.54. The fourth-order valence-corrected chi connectivity index (χ4v) is 1.16. The first kappa shape index (κ1) is 6.53. The summed E-state index contributed by atoms with van der Waals surface area (Å²) in [7, 11) is 0. The molecule has 0 saturated carbocycles. The van der Waals surface area contributed by atoms with Crippen LogP contribution in [0.3, 0.4) is 0 Å². The molecule has 0 radical (unpaired) electrons. The summed E-state index contributed by atoms with van der Waals surface area (Å²) < 4.78 is 0. The Kier molecular flexibility index (Phi) is 2.04. The minimum absolute atomic E-state index is 0.287. The number of carbonyl (C=O) groups is 1. The first-order valence-electron chi connectivity index (χ1n) is 3.45. The molecule has 0 aromatic carbocycles. The number of allylic oxidation sites excluding steroid dienone is 2. The maximum Gasteiger partial charge on any atom is 0.123 e. The molecule has 0 aromatic rings. The van der Waals surface area contributed by atoms with E-state index in [0.29, 0.717) is 5.92 Å².